The van der Waals surface area contributed by atoms with Crippen LogP contribution in [0.5, 0.6) is 0 Å². The number of hydrogen-bond acceptors (Lipinski definition) is 3. The van der Waals surface area contributed by atoms with E-state index in [0.717, 1.165) is 48.2 Å². The third-order valence-corrected chi connectivity index (χ3v) is 7.95. The lowest BCUT2D eigenvalue weighted by Crippen LogP contribution is -2.55. The minimum atomic E-state index is -0.718. The highest BCUT2D eigenvalue weighted by Gasteiger charge is 2.53. The average Bonchev–Trinajstić information content (AvgIpc) is 3.72. The Kier molecular flexibility index (Phi) is 7.84. The van der Waals surface area contributed by atoms with E-state index < -0.39 is 11.5 Å². The molecule has 3 aromatic rings. The van der Waals surface area contributed by atoms with E-state index >= 15 is 0 Å². The van der Waals surface area contributed by atoms with Crippen molar-refractivity contribution in [1.29, 1.82) is 0 Å². The van der Waals surface area contributed by atoms with E-state index in [0.29, 0.717) is 29.3 Å². The van der Waals surface area contributed by atoms with Crippen molar-refractivity contribution in [3.63, 3.8) is 0 Å². The molecule has 0 radical (unpaired) electrons. The topological polar surface area (TPSA) is 70.2 Å². The molecule has 192 valence electrons. The number of benzene rings is 3. The maximum absolute atomic E-state index is 13.6. The lowest BCUT2D eigenvalue weighted by molar-refractivity contribution is -0.130. The summed E-state index contributed by atoms with van der Waals surface area (Å²) in [6, 6.07) is 22.9. The number of hydrogen-bond donors (Lipinski definition) is 3. The van der Waals surface area contributed by atoms with Gasteiger partial charge in [-0.2, -0.15) is 0 Å². The first-order valence-corrected chi connectivity index (χ1v) is 13.6. The summed E-state index contributed by atoms with van der Waals surface area (Å²) in [5.41, 5.74) is 3.27. The van der Waals surface area contributed by atoms with Crippen LogP contribution < -0.4 is 16.0 Å². The third kappa shape index (κ3) is 6.01. The van der Waals surface area contributed by atoms with Gasteiger partial charge in [0.1, 0.15) is 6.04 Å². The standard InChI is InChI=1S/C30H31Cl2N3O2/c31-23-12-13-25(26(32)18-23)30(14-15-30)29(37)35-27(28(36)34-24-7-4-16-33-19-24)17-20-8-10-22(11-9-20)21-5-2-1-3-6-21/h1-3,5-6,8-13,18,24,27,33H,4,7,14-17,19H2,(H,34,36)(H,35,37)/t24-,27+/m1/s1. The smallest absolute Gasteiger partial charge is 0.243 e. The molecule has 1 aliphatic carbocycles. The number of piperidine rings is 1. The van der Waals surface area contributed by atoms with Crippen LogP contribution in [0.3, 0.4) is 0 Å². The molecule has 5 rings (SSSR count). The maximum atomic E-state index is 13.6. The number of amides is 2. The van der Waals surface area contributed by atoms with E-state index in [1.54, 1.807) is 12.1 Å². The molecule has 2 aliphatic rings. The molecule has 0 spiro atoms. The van der Waals surface area contributed by atoms with Crippen LogP contribution in [0.4, 0.5) is 0 Å². The predicted octanol–water partition coefficient (Wildman–Crippen LogP) is 5.29. The molecule has 37 heavy (non-hydrogen) atoms. The Hall–Kier alpha value is -2.86. The zero-order valence-electron chi connectivity index (χ0n) is 20.6. The number of carbonyl (C=O) groups excluding carboxylic acids is 2. The van der Waals surface area contributed by atoms with Gasteiger partial charge >= 0.3 is 0 Å². The van der Waals surface area contributed by atoms with Gasteiger partial charge in [-0.3, -0.25) is 9.59 Å². The van der Waals surface area contributed by atoms with Gasteiger partial charge in [-0.1, -0.05) is 83.9 Å². The molecule has 2 atom stereocenters. The van der Waals surface area contributed by atoms with Crippen LogP contribution in [0.1, 0.15) is 36.8 Å². The first-order chi connectivity index (χ1) is 17.9. The highest BCUT2D eigenvalue weighted by atomic mass is 35.5. The van der Waals surface area contributed by atoms with Gasteiger partial charge in [-0.15, -0.1) is 0 Å². The van der Waals surface area contributed by atoms with E-state index in [-0.39, 0.29) is 17.9 Å². The van der Waals surface area contributed by atoms with Crippen LogP contribution in [0.15, 0.2) is 72.8 Å². The molecule has 1 saturated carbocycles. The van der Waals surface area contributed by atoms with E-state index in [2.05, 4.69) is 40.2 Å². The molecule has 5 nitrogen and oxygen atoms in total. The summed E-state index contributed by atoms with van der Waals surface area (Å²) in [5.74, 6) is -0.327. The molecule has 2 amide bonds. The van der Waals surface area contributed by atoms with E-state index in [4.69, 9.17) is 23.2 Å². The first kappa shape index (κ1) is 25.8. The quantitative estimate of drug-likeness (QED) is 0.367. The van der Waals surface area contributed by atoms with Crippen molar-refractivity contribution in [2.24, 2.45) is 0 Å². The summed E-state index contributed by atoms with van der Waals surface area (Å²) >= 11 is 12.6. The van der Waals surface area contributed by atoms with Gasteiger partial charge < -0.3 is 16.0 Å². The molecule has 3 N–H and O–H groups in total. The molecule has 1 heterocycles. The summed E-state index contributed by atoms with van der Waals surface area (Å²) in [5, 5.41) is 10.6. The van der Waals surface area contributed by atoms with Crippen LogP contribution in [-0.2, 0) is 21.4 Å². The van der Waals surface area contributed by atoms with E-state index in [9.17, 15) is 9.59 Å². The molecule has 2 fully saturated rings. The normalized spacial score (nSPS) is 19.0. The average molecular weight is 537 g/mol. The fourth-order valence-corrected chi connectivity index (χ4v) is 5.69. The van der Waals surface area contributed by atoms with Crippen molar-refractivity contribution in [1.82, 2.24) is 16.0 Å². The van der Waals surface area contributed by atoms with Crippen LogP contribution >= 0.6 is 23.2 Å². The second-order valence-corrected chi connectivity index (χ2v) is 10.9. The van der Waals surface area contributed by atoms with Crippen LogP contribution in [0.2, 0.25) is 10.0 Å². The van der Waals surface area contributed by atoms with Gasteiger partial charge in [0.15, 0.2) is 0 Å². The Bertz CT molecular complexity index is 1250. The van der Waals surface area contributed by atoms with Crippen LogP contribution in [0.25, 0.3) is 11.1 Å². The van der Waals surface area contributed by atoms with Gasteiger partial charge in [0.2, 0.25) is 11.8 Å². The molecule has 0 unspecified atom stereocenters. The second-order valence-electron chi connectivity index (χ2n) is 10.1. The van der Waals surface area contributed by atoms with Crippen molar-refractivity contribution in [2.75, 3.05) is 13.1 Å². The molecular weight excluding hydrogens is 505 g/mol. The highest BCUT2D eigenvalue weighted by molar-refractivity contribution is 6.35. The van der Waals surface area contributed by atoms with E-state index in [1.807, 2.05) is 36.4 Å². The zero-order valence-corrected chi connectivity index (χ0v) is 22.1. The summed E-state index contributed by atoms with van der Waals surface area (Å²) in [7, 11) is 0. The number of halogens is 2. The number of rotatable bonds is 8. The van der Waals surface area contributed by atoms with E-state index in [1.165, 1.54) is 0 Å². The van der Waals surface area contributed by atoms with Crippen molar-refractivity contribution >= 4 is 35.0 Å². The van der Waals surface area contributed by atoms with Gasteiger partial charge in [0, 0.05) is 29.1 Å². The Morgan fingerprint density at radius 3 is 2.35 bits per heavy atom. The monoisotopic (exact) mass is 535 g/mol. The molecule has 1 aliphatic heterocycles. The fraction of sp³-hybridized carbons (Fsp3) is 0.333. The third-order valence-electron chi connectivity index (χ3n) is 7.40. The van der Waals surface area contributed by atoms with Gasteiger partial charge in [-0.05, 0) is 66.6 Å². The summed E-state index contributed by atoms with van der Waals surface area (Å²) in [6.07, 6.45) is 3.72. The molecule has 0 aromatic heterocycles. The zero-order chi connectivity index (χ0) is 25.8. The largest absolute Gasteiger partial charge is 0.350 e. The van der Waals surface area contributed by atoms with Crippen LogP contribution in [0, 0.1) is 0 Å². The molecule has 7 heteroatoms. The summed E-state index contributed by atoms with van der Waals surface area (Å²) < 4.78 is 0. The second kappa shape index (κ2) is 11.3. The molecule has 0 bridgehead atoms. The van der Waals surface area contributed by atoms with Crippen LogP contribution in [-0.4, -0.2) is 37.0 Å². The summed E-state index contributed by atoms with van der Waals surface area (Å²) in [4.78, 5) is 27.0. The van der Waals surface area contributed by atoms with Crippen molar-refractivity contribution < 1.29 is 9.59 Å². The van der Waals surface area contributed by atoms with Gasteiger partial charge in [-0.25, -0.2) is 0 Å². The maximum Gasteiger partial charge on any atom is 0.243 e. The molecule has 3 aromatic carbocycles. The SMILES string of the molecule is O=C(N[C@@H]1CCCNC1)[C@H](Cc1ccc(-c2ccccc2)cc1)NC(=O)C1(c2ccc(Cl)cc2Cl)CC1. The fourth-order valence-electron chi connectivity index (χ4n) is 5.10. The predicted molar refractivity (Wildman–Crippen MR) is 149 cm³/mol. The molecular formula is C30H31Cl2N3O2. The summed E-state index contributed by atoms with van der Waals surface area (Å²) in [6.45, 7) is 1.70. The van der Waals surface area contributed by atoms with Crippen molar-refractivity contribution in [3.05, 3.63) is 94.0 Å². The lowest BCUT2D eigenvalue weighted by Gasteiger charge is -2.28. The first-order valence-electron chi connectivity index (χ1n) is 12.9. The Labute approximate surface area is 227 Å². The Morgan fingerprint density at radius 1 is 0.973 bits per heavy atom. The molecule has 1 saturated heterocycles. The number of nitrogens with one attached hydrogen (secondary N) is 3. The minimum absolute atomic E-state index is 0.0571. The number of carbonyl (C=O) groups is 2. The highest BCUT2D eigenvalue weighted by Crippen LogP contribution is 2.51. The lowest BCUT2D eigenvalue weighted by atomic mass is 9.93. The van der Waals surface area contributed by atoms with Gasteiger partial charge in [0.05, 0.1) is 5.41 Å². The van der Waals surface area contributed by atoms with Crippen molar-refractivity contribution in [2.45, 2.75) is 49.6 Å². The van der Waals surface area contributed by atoms with Gasteiger partial charge in [0.25, 0.3) is 0 Å². The Morgan fingerprint density at radius 2 is 1.70 bits per heavy atom. The minimum Gasteiger partial charge on any atom is -0.350 e. The van der Waals surface area contributed by atoms with Crippen molar-refractivity contribution in [3.8, 4) is 11.1 Å². The Balaban J connectivity index is 1.35.